The van der Waals surface area contributed by atoms with Crippen molar-refractivity contribution in [2.45, 2.75) is 33.1 Å². The SMILES string of the molecule is CCCNc1nc(C)cn1-c1ccc(N2CCCC2)cc1. The van der Waals surface area contributed by atoms with Gasteiger partial charge < -0.3 is 10.2 Å². The molecule has 2 aromatic rings. The van der Waals surface area contributed by atoms with Crippen molar-refractivity contribution in [3.63, 3.8) is 0 Å². The number of nitrogens with one attached hydrogen (secondary N) is 1. The molecule has 4 nitrogen and oxygen atoms in total. The third-order valence-corrected chi connectivity index (χ3v) is 3.96. The van der Waals surface area contributed by atoms with E-state index in [1.807, 2.05) is 6.92 Å². The molecular formula is C17H24N4. The van der Waals surface area contributed by atoms with E-state index in [1.165, 1.54) is 31.6 Å². The van der Waals surface area contributed by atoms with Crippen LogP contribution in [-0.2, 0) is 0 Å². The molecule has 1 aliphatic heterocycles. The topological polar surface area (TPSA) is 33.1 Å². The molecule has 0 atom stereocenters. The summed E-state index contributed by atoms with van der Waals surface area (Å²) in [5.74, 6) is 0.934. The van der Waals surface area contributed by atoms with Crippen molar-refractivity contribution in [3.05, 3.63) is 36.2 Å². The van der Waals surface area contributed by atoms with Gasteiger partial charge in [0.1, 0.15) is 0 Å². The molecule has 0 radical (unpaired) electrons. The van der Waals surface area contributed by atoms with E-state index in [-0.39, 0.29) is 0 Å². The van der Waals surface area contributed by atoms with E-state index in [4.69, 9.17) is 0 Å². The second-order valence-corrected chi connectivity index (χ2v) is 5.71. The van der Waals surface area contributed by atoms with Crippen LogP contribution in [0.2, 0.25) is 0 Å². The highest BCUT2D eigenvalue weighted by Gasteiger charge is 2.12. The Bertz CT molecular complexity index is 579. The molecule has 1 aromatic heterocycles. The summed E-state index contributed by atoms with van der Waals surface area (Å²) in [5, 5.41) is 3.39. The molecule has 0 amide bonds. The molecular weight excluding hydrogens is 260 g/mol. The van der Waals surface area contributed by atoms with Crippen LogP contribution in [0.25, 0.3) is 5.69 Å². The van der Waals surface area contributed by atoms with E-state index in [0.29, 0.717) is 0 Å². The molecule has 0 bridgehead atoms. The van der Waals surface area contributed by atoms with E-state index in [1.54, 1.807) is 0 Å². The molecule has 21 heavy (non-hydrogen) atoms. The zero-order valence-electron chi connectivity index (χ0n) is 13.0. The third-order valence-electron chi connectivity index (χ3n) is 3.96. The highest BCUT2D eigenvalue weighted by molar-refractivity contribution is 5.53. The van der Waals surface area contributed by atoms with Gasteiger partial charge >= 0.3 is 0 Å². The summed E-state index contributed by atoms with van der Waals surface area (Å²) < 4.78 is 2.14. The normalized spacial score (nSPS) is 14.7. The number of nitrogens with zero attached hydrogens (tertiary/aromatic N) is 3. The maximum absolute atomic E-state index is 4.57. The van der Waals surface area contributed by atoms with Gasteiger partial charge in [-0.3, -0.25) is 4.57 Å². The molecule has 1 aliphatic rings. The number of rotatable bonds is 5. The number of aromatic nitrogens is 2. The molecule has 0 aliphatic carbocycles. The first kappa shape index (κ1) is 14.0. The van der Waals surface area contributed by atoms with Gasteiger partial charge in [0.15, 0.2) is 0 Å². The molecule has 1 saturated heterocycles. The van der Waals surface area contributed by atoms with Gasteiger partial charge in [0.25, 0.3) is 0 Å². The Morgan fingerprint density at radius 1 is 1.10 bits per heavy atom. The minimum absolute atomic E-state index is 0.934. The van der Waals surface area contributed by atoms with E-state index in [0.717, 1.165) is 30.3 Å². The summed E-state index contributed by atoms with van der Waals surface area (Å²) in [6, 6.07) is 8.82. The van der Waals surface area contributed by atoms with E-state index in [9.17, 15) is 0 Å². The second-order valence-electron chi connectivity index (χ2n) is 5.71. The molecule has 3 rings (SSSR count). The fourth-order valence-electron chi connectivity index (χ4n) is 2.86. The summed E-state index contributed by atoms with van der Waals surface area (Å²) >= 11 is 0. The standard InChI is InChI=1S/C17H24N4/c1-3-10-18-17-19-14(2)13-21(17)16-8-6-15(7-9-16)20-11-4-5-12-20/h6-9,13H,3-5,10-12H2,1-2H3,(H,18,19). The smallest absolute Gasteiger partial charge is 0.207 e. The first-order chi connectivity index (χ1) is 10.3. The van der Waals surface area contributed by atoms with Crippen molar-refractivity contribution >= 4 is 11.6 Å². The lowest BCUT2D eigenvalue weighted by Crippen LogP contribution is -2.17. The molecule has 4 heteroatoms. The quantitative estimate of drug-likeness (QED) is 0.910. The van der Waals surface area contributed by atoms with Crippen molar-refractivity contribution in [2.24, 2.45) is 0 Å². The summed E-state index contributed by atoms with van der Waals surface area (Å²) in [6.45, 7) is 7.52. The van der Waals surface area contributed by atoms with Crippen molar-refractivity contribution < 1.29 is 0 Å². The Labute approximate surface area is 126 Å². The molecule has 0 unspecified atom stereocenters. The largest absolute Gasteiger partial charge is 0.372 e. The van der Waals surface area contributed by atoms with Crippen LogP contribution < -0.4 is 10.2 Å². The van der Waals surface area contributed by atoms with Gasteiger partial charge in [0.2, 0.25) is 5.95 Å². The van der Waals surface area contributed by atoms with E-state index >= 15 is 0 Å². The lowest BCUT2D eigenvalue weighted by molar-refractivity contribution is 0.935. The van der Waals surface area contributed by atoms with Crippen molar-refractivity contribution in [2.75, 3.05) is 29.9 Å². The number of hydrogen-bond donors (Lipinski definition) is 1. The zero-order valence-corrected chi connectivity index (χ0v) is 13.0. The predicted molar refractivity (Wildman–Crippen MR) is 88.5 cm³/mol. The summed E-state index contributed by atoms with van der Waals surface area (Å²) in [7, 11) is 0. The fraction of sp³-hybridized carbons (Fsp3) is 0.471. The van der Waals surface area contributed by atoms with Gasteiger partial charge in [-0.15, -0.1) is 0 Å². The fourth-order valence-corrected chi connectivity index (χ4v) is 2.86. The van der Waals surface area contributed by atoms with Gasteiger partial charge in [0.05, 0.1) is 5.69 Å². The van der Waals surface area contributed by atoms with Crippen LogP contribution in [0.4, 0.5) is 11.6 Å². The third kappa shape index (κ3) is 3.04. The Hall–Kier alpha value is -1.97. The maximum Gasteiger partial charge on any atom is 0.207 e. The van der Waals surface area contributed by atoms with Crippen LogP contribution in [-0.4, -0.2) is 29.2 Å². The van der Waals surface area contributed by atoms with Crippen LogP contribution in [0.1, 0.15) is 31.9 Å². The molecule has 1 N–H and O–H groups in total. The number of hydrogen-bond acceptors (Lipinski definition) is 3. The Balaban J connectivity index is 1.83. The predicted octanol–water partition coefficient (Wildman–Crippen LogP) is 3.60. The highest BCUT2D eigenvalue weighted by Crippen LogP contribution is 2.23. The average molecular weight is 284 g/mol. The first-order valence-corrected chi connectivity index (χ1v) is 7.93. The molecule has 2 heterocycles. The zero-order chi connectivity index (χ0) is 14.7. The number of benzene rings is 1. The average Bonchev–Trinajstić information content (AvgIpc) is 3.15. The van der Waals surface area contributed by atoms with E-state index < -0.39 is 0 Å². The minimum atomic E-state index is 0.934. The molecule has 0 saturated carbocycles. The van der Waals surface area contributed by atoms with Crippen LogP contribution >= 0.6 is 0 Å². The van der Waals surface area contributed by atoms with Crippen LogP contribution in [0, 0.1) is 6.92 Å². The Morgan fingerprint density at radius 3 is 2.43 bits per heavy atom. The van der Waals surface area contributed by atoms with Crippen LogP contribution in [0.15, 0.2) is 30.5 Å². The first-order valence-electron chi connectivity index (χ1n) is 7.93. The Kier molecular flexibility index (Phi) is 4.13. The second kappa shape index (κ2) is 6.20. The van der Waals surface area contributed by atoms with Gasteiger partial charge in [-0.05, 0) is 50.5 Å². The van der Waals surface area contributed by atoms with Crippen LogP contribution in [0.3, 0.4) is 0 Å². The number of aryl methyl sites for hydroxylation is 1. The number of anilines is 2. The lowest BCUT2D eigenvalue weighted by Gasteiger charge is -2.18. The monoisotopic (exact) mass is 284 g/mol. The number of imidazole rings is 1. The summed E-state index contributed by atoms with van der Waals surface area (Å²) in [4.78, 5) is 7.02. The van der Waals surface area contributed by atoms with Gasteiger partial charge in [-0.25, -0.2) is 4.98 Å². The van der Waals surface area contributed by atoms with E-state index in [2.05, 4.69) is 57.2 Å². The molecule has 112 valence electrons. The van der Waals surface area contributed by atoms with Crippen molar-refractivity contribution in [1.82, 2.24) is 9.55 Å². The van der Waals surface area contributed by atoms with Crippen molar-refractivity contribution in [1.29, 1.82) is 0 Å². The Morgan fingerprint density at radius 2 is 1.76 bits per heavy atom. The van der Waals surface area contributed by atoms with Crippen molar-refractivity contribution in [3.8, 4) is 5.69 Å². The molecule has 1 aromatic carbocycles. The van der Waals surface area contributed by atoms with Gasteiger partial charge in [-0.2, -0.15) is 0 Å². The summed E-state index contributed by atoms with van der Waals surface area (Å²) in [5.41, 5.74) is 3.53. The maximum atomic E-state index is 4.57. The van der Waals surface area contributed by atoms with Gasteiger partial charge in [-0.1, -0.05) is 6.92 Å². The lowest BCUT2D eigenvalue weighted by atomic mass is 10.2. The van der Waals surface area contributed by atoms with Crippen LogP contribution in [0.5, 0.6) is 0 Å². The highest BCUT2D eigenvalue weighted by atomic mass is 15.2. The molecule has 0 spiro atoms. The van der Waals surface area contributed by atoms with Gasteiger partial charge in [0, 0.05) is 37.2 Å². The molecule has 1 fully saturated rings. The summed E-state index contributed by atoms with van der Waals surface area (Å²) in [6.07, 6.45) is 5.81. The minimum Gasteiger partial charge on any atom is -0.372 e.